The van der Waals surface area contributed by atoms with Crippen LogP contribution in [0.2, 0.25) is 0 Å². The third kappa shape index (κ3) is 3.63. The van der Waals surface area contributed by atoms with Gasteiger partial charge in [-0.05, 0) is 6.92 Å². The van der Waals surface area contributed by atoms with Gasteiger partial charge in [0.15, 0.2) is 0 Å². The lowest BCUT2D eigenvalue weighted by atomic mass is 10.5. The topological polar surface area (TPSA) is 37.3 Å². The van der Waals surface area contributed by atoms with Crippen molar-refractivity contribution in [3.05, 3.63) is 0 Å². The molecule has 2 nitrogen and oxygen atoms in total. The van der Waals surface area contributed by atoms with Gasteiger partial charge in [-0.1, -0.05) is 0 Å². The van der Waals surface area contributed by atoms with Crippen LogP contribution in [0.25, 0.3) is 0 Å². The molecule has 0 aliphatic carbocycles. The first kappa shape index (κ1) is 4.63. The average Bonchev–Trinajstić information content (AvgIpc) is 1.38. The third-order valence-electron chi connectivity index (χ3n) is 0.171. The summed E-state index contributed by atoms with van der Waals surface area (Å²) in [4.78, 5) is 9.13. The maximum Gasteiger partial charge on any atom is 0.229 e. The fourth-order valence-corrected chi connectivity index (χ4v) is 0. The van der Waals surface area contributed by atoms with Gasteiger partial charge in [0.25, 0.3) is 0 Å². The number of hydrogen-bond acceptors (Lipinski definition) is 2. The second-order valence-corrected chi connectivity index (χ2v) is 0.794. The minimum atomic E-state index is -0.921. The van der Waals surface area contributed by atoms with Gasteiger partial charge in [0.05, 0.1) is 0 Å². The molecule has 2 heteroatoms. The highest BCUT2D eigenvalue weighted by atomic mass is 16.3. The molecule has 0 unspecified atom stereocenters. The van der Waals surface area contributed by atoms with Gasteiger partial charge in [-0.3, -0.25) is 4.79 Å². The third-order valence-corrected chi connectivity index (χ3v) is 0.171. The zero-order valence-corrected chi connectivity index (χ0v) is 2.93. The van der Waals surface area contributed by atoms with Gasteiger partial charge < -0.3 is 5.11 Å². The Morgan fingerprint density at radius 1 is 2.00 bits per heavy atom. The zero-order valence-electron chi connectivity index (χ0n) is 2.93. The lowest BCUT2D eigenvalue weighted by molar-refractivity contribution is 0.254. The van der Waals surface area contributed by atoms with E-state index in [4.69, 9.17) is 9.90 Å². The molecule has 0 fully saturated rings. The zero-order chi connectivity index (χ0) is 4.28. The number of rotatable bonds is 1. The van der Waals surface area contributed by atoms with Crippen LogP contribution in [0.3, 0.4) is 0 Å². The molecule has 5 heavy (non-hydrogen) atoms. The molecule has 0 rings (SSSR count). The Balaban J connectivity index is 2.83. The lowest BCUT2D eigenvalue weighted by Crippen LogP contribution is -1.97. The molecule has 0 aromatic heterocycles. The Labute approximate surface area is 30.4 Å². The van der Waals surface area contributed by atoms with E-state index in [1.54, 1.807) is 0 Å². The molecule has 1 atom stereocenters. The van der Waals surface area contributed by atoms with Crippen LogP contribution in [-0.4, -0.2) is 17.5 Å². The summed E-state index contributed by atoms with van der Waals surface area (Å²) in [6, 6.07) is 0. The molecule has 0 aromatic rings. The van der Waals surface area contributed by atoms with E-state index < -0.39 is 6.10 Å². The Morgan fingerprint density at radius 3 is 2.20 bits per heavy atom. The molecule has 1 N–H and O–H groups in total. The van der Waals surface area contributed by atoms with Gasteiger partial charge in [-0.15, -0.1) is 0 Å². The fourth-order valence-electron chi connectivity index (χ4n) is 0. The molecular formula is C3H5O2. The summed E-state index contributed by atoms with van der Waals surface area (Å²) in [7, 11) is 0. The average molecular weight is 73.1 g/mol. The van der Waals surface area contributed by atoms with Gasteiger partial charge in [0.1, 0.15) is 6.10 Å². The number of hydrogen-bond donors (Lipinski definition) is 1. The van der Waals surface area contributed by atoms with Crippen molar-refractivity contribution in [3.63, 3.8) is 0 Å². The second kappa shape index (κ2) is 1.91. The Bertz CT molecular complexity index is 31.9. The molecule has 0 aliphatic heterocycles. The van der Waals surface area contributed by atoms with Crippen LogP contribution < -0.4 is 0 Å². The summed E-state index contributed by atoms with van der Waals surface area (Å²) in [6.07, 6.45) is 0.412. The van der Waals surface area contributed by atoms with Crippen LogP contribution in [-0.2, 0) is 4.79 Å². The summed E-state index contributed by atoms with van der Waals surface area (Å²) >= 11 is 0. The summed E-state index contributed by atoms with van der Waals surface area (Å²) in [5.41, 5.74) is 0. The molecule has 0 heterocycles. The van der Waals surface area contributed by atoms with Crippen LogP contribution in [0, 0.1) is 0 Å². The largest absolute Gasteiger partial charge is 0.385 e. The first-order valence-electron chi connectivity index (χ1n) is 1.33. The van der Waals surface area contributed by atoms with Crippen molar-refractivity contribution in [1.29, 1.82) is 0 Å². The predicted octanol–water partition coefficient (Wildman–Crippen LogP) is -0.523. The molecule has 0 saturated carbocycles. The fraction of sp³-hybridized carbons (Fsp3) is 0.667. The molecule has 0 saturated heterocycles. The van der Waals surface area contributed by atoms with Crippen molar-refractivity contribution in [2.45, 2.75) is 13.0 Å². The highest BCUT2D eigenvalue weighted by Gasteiger charge is 1.84. The normalized spacial score (nSPS) is 14.0. The molecule has 0 amide bonds. The number of carbonyl (C=O) groups excluding carboxylic acids is 1. The number of aliphatic hydroxyl groups is 1. The van der Waals surface area contributed by atoms with E-state index in [9.17, 15) is 0 Å². The maximum atomic E-state index is 9.13. The summed E-state index contributed by atoms with van der Waals surface area (Å²) in [5, 5.41) is 7.94. The maximum absolute atomic E-state index is 9.13. The first-order valence-corrected chi connectivity index (χ1v) is 1.33. The smallest absolute Gasteiger partial charge is 0.229 e. The SMILES string of the molecule is C[C@@H](O)[C]=O. The first-order chi connectivity index (χ1) is 2.27. The van der Waals surface area contributed by atoms with E-state index in [1.165, 1.54) is 13.2 Å². The van der Waals surface area contributed by atoms with Gasteiger partial charge in [-0.2, -0.15) is 0 Å². The van der Waals surface area contributed by atoms with Crippen molar-refractivity contribution in [3.8, 4) is 0 Å². The quantitative estimate of drug-likeness (QED) is 0.453. The van der Waals surface area contributed by atoms with Crippen molar-refractivity contribution in [2.75, 3.05) is 0 Å². The molecule has 0 spiro atoms. The van der Waals surface area contributed by atoms with Gasteiger partial charge in [-0.25, -0.2) is 0 Å². The van der Waals surface area contributed by atoms with Crippen LogP contribution in [0.1, 0.15) is 6.92 Å². The highest BCUT2D eigenvalue weighted by Crippen LogP contribution is 1.62. The van der Waals surface area contributed by atoms with Crippen LogP contribution in [0.5, 0.6) is 0 Å². The van der Waals surface area contributed by atoms with E-state index in [-0.39, 0.29) is 0 Å². The van der Waals surface area contributed by atoms with Crippen LogP contribution in [0.4, 0.5) is 0 Å². The lowest BCUT2D eigenvalue weighted by Gasteiger charge is -1.77. The van der Waals surface area contributed by atoms with Gasteiger partial charge >= 0.3 is 0 Å². The van der Waals surface area contributed by atoms with E-state index in [0.717, 1.165) is 0 Å². The van der Waals surface area contributed by atoms with Crippen molar-refractivity contribution >= 4 is 6.29 Å². The molecular weight excluding hydrogens is 68.0 g/mol. The van der Waals surface area contributed by atoms with Crippen LogP contribution in [0.15, 0.2) is 0 Å². The standard InChI is InChI=1S/C3H5O2/c1-3(5)2-4/h3,5H,1H3/t3-/m1/s1. The summed E-state index contributed by atoms with van der Waals surface area (Å²) in [5.74, 6) is 0. The Kier molecular flexibility index (Phi) is 1.76. The predicted molar refractivity (Wildman–Crippen MR) is 17.4 cm³/mol. The monoisotopic (exact) mass is 73.0 g/mol. The summed E-state index contributed by atoms with van der Waals surface area (Å²) < 4.78 is 0. The molecule has 29 valence electrons. The molecule has 0 aliphatic rings. The van der Waals surface area contributed by atoms with E-state index >= 15 is 0 Å². The minimum Gasteiger partial charge on any atom is -0.385 e. The molecule has 0 bridgehead atoms. The van der Waals surface area contributed by atoms with Crippen molar-refractivity contribution < 1.29 is 9.90 Å². The Hall–Kier alpha value is -0.370. The van der Waals surface area contributed by atoms with E-state index in [0.29, 0.717) is 0 Å². The van der Waals surface area contributed by atoms with Crippen molar-refractivity contribution in [1.82, 2.24) is 0 Å². The Morgan fingerprint density at radius 2 is 2.20 bits per heavy atom. The highest BCUT2D eigenvalue weighted by molar-refractivity contribution is 5.55. The van der Waals surface area contributed by atoms with Gasteiger partial charge in [0, 0.05) is 0 Å². The molecule has 1 radical (unpaired) electrons. The number of aliphatic hydroxyl groups excluding tert-OH is 1. The van der Waals surface area contributed by atoms with Crippen LogP contribution >= 0.6 is 0 Å². The van der Waals surface area contributed by atoms with Crippen molar-refractivity contribution in [2.24, 2.45) is 0 Å². The van der Waals surface area contributed by atoms with E-state index in [2.05, 4.69) is 0 Å². The second-order valence-electron chi connectivity index (χ2n) is 0.794. The molecule has 0 aromatic carbocycles. The van der Waals surface area contributed by atoms with Gasteiger partial charge in [0.2, 0.25) is 6.29 Å². The minimum absolute atomic E-state index is 0.921. The van der Waals surface area contributed by atoms with E-state index in [1.807, 2.05) is 0 Å². The summed E-state index contributed by atoms with van der Waals surface area (Å²) in [6.45, 7) is 1.35.